The lowest BCUT2D eigenvalue weighted by atomic mass is 10.1. The van der Waals surface area contributed by atoms with Gasteiger partial charge in [-0.15, -0.1) is 11.3 Å². The van der Waals surface area contributed by atoms with Crippen molar-refractivity contribution in [2.24, 2.45) is 0 Å². The van der Waals surface area contributed by atoms with Gasteiger partial charge in [-0.1, -0.05) is 17.3 Å². The normalized spacial score (nSPS) is 10.9. The minimum absolute atomic E-state index is 0.260. The average molecular weight is 289 g/mol. The van der Waals surface area contributed by atoms with Gasteiger partial charge in [-0.05, 0) is 30.7 Å². The minimum atomic E-state index is -0.260. The standard InChI is InChI=1S/C14H12FN3OS/c1-8-6-11(13(16)20-8)14-17-12(18-19-14)7-9-2-4-10(15)5-3-9/h2-6H,7,16H2,1H3. The summed E-state index contributed by atoms with van der Waals surface area (Å²) in [6, 6.07) is 8.16. The van der Waals surface area contributed by atoms with Gasteiger partial charge in [0.25, 0.3) is 5.89 Å². The number of nitrogens with zero attached hydrogens (tertiary/aromatic N) is 2. The van der Waals surface area contributed by atoms with Gasteiger partial charge in [0, 0.05) is 11.3 Å². The van der Waals surface area contributed by atoms with Crippen molar-refractivity contribution in [3.05, 3.63) is 52.4 Å². The topological polar surface area (TPSA) is 64.9 Å². The molecule has 0 aliphatic heterocycles. The van der Waals surface area contributed by atoms with Crippen LogP contribution in [0.15, 0.2) is 34.9 Å². The summed E-state index contributed by atoms with van der Waals surface area (Å²) < 4.78 is 18.1. The van der Waals surface area contributed by atoms with Gasteiger partial charge in [-0.25, -0.2) is 4.39 Å². The molecule has 102 valence electrons. The van der Waals surface area contributed by atoms with Crippen molar-refractivity contribution in [3.63, 3.8) is 0 Å². The summed E-state index contributed by atoms with van der Waals surface area (Å²) in [5.41, 5.74) is 7.59. The second-order valence-electron chi connectivity index (χ2n) is 4.45. The molecule has 2 heterocycles. The van der Waals surface area contributed by atoms with Gasteiger partial charge >= 0.3 is 0 Å². The van der Waals surface area contributed by atoms with E-state index in [9.17, 15) is 4.39 Å². The molecule has 0 radical (unpaired) electrons. The lowest BCUT2D eigenvalue weighted by molar-refractivity contribution is 0.424. The lowest BCUT2D eigenvalue weighted by Crippen LogP contribution is -1.91. The Hall–Kier alpha value is -2.21. The van der Waals surface area contributed by atoms with Gasteiger partial charge in [-0.2, -0.15) is 4.98 Å². The van der Waals surface area contributed by atoms with Crippen LogP contribution in [0, 0.1) is 12.7 Å². The molecular weight excluding hydrogens is 277 g/mol. The molecule has 0 spiro atoms. The number of rotatable bonds is 3. The summed E-state index contributed by atoms with van der Waals surface area (Å²) >= 11 is 1.49. The van der Waals surface area contributed by atoms with Crippen LogP contribution in [0.3, 0.4) is 0 Å². The first-order valence-corrected chi connectivity index (χ1v) is 6.87. The van der Waals surface area contributed by atoms with Gasteiger partial charge in [-0.3, -0.25) is 0 Å². The number of benzene rings is 1. The van der Waals surface area contributed by atoms with Crippen LogP contribution in [0.4, 0.5) is 9.39 Å². The SMILES string of the molecule is Cc1cc(-c2nc(Cc3ccc(F)cc3)no2)c(N)s1. The summed E-state index contributed by atoms with van der Waals surface area (Å²) in [6.07, 6.45) is 0.493. The minimum Gasteiger partial charge on any atom is -0.390 e. The third kappa shape index (κ3) is 2.55. The second kappa shape index (κ2) is 5.05. The zero-order chi connectivity index (χ0) is 14.1. The molecule has 0 aliphatic carbocycles. The Balaban J connectivity index is 1.83. The van der Waals surface area contributed by atoms with E-state index in [-0.39, 0.29) is 5.82 Å². The van der Waals surface area contributed by atoms with Crippen LogP contribution >= 0.6 is 11.3 Å². The van der Waals surface area contributed by atoms with Crippen LogP contribution in [-0.2, 0) is 6.42 Å². The largest absolute Gasteiger partial charge is 0.390 e. The quantitative estimate of drug-likeness (QED) is 0.802. The maximum absolute atomic E-state index is 12.8. The van der Waals surface area contributed by atoms with Crippen molar-refractivity contribution < 1.29 is 8.91 Å². The number of nitrogen functional groups attached to an aromatic ring is 1. The summed E-state index contributed by atoms with van der Waals surface area (Å²) in [5, 5.41) is 4.60. The number of hydrogen-bond acceptors (Lipinski definition) is 5. The van der Waals surface area contributed by atoms with E-state index < -0.39 is 0 Å². The van der Waals surface area contributed by atoms with E-state index in [1.54, 1.807) is 12.1 Å². The molecule has 20 heavy (non-hydrogen) atoms. The molecule has 3 rings (SSSR count). The number of thiophene rings is 1. The fourth-order valence-corrected chi connectivity index (χ4v) is 2.70. The maximum Gasteiger partial charge on any atom is 0.260 e. The van der Waals surface area contributed by atoms with E-state index in [0.29, 0.717) is 23.1 Å². The van der Waals surface area contributed by atoms with Gasteiger partial charge in [0.05, 0.1) is 10.6 Å². The monoisotopic (exact) mass is 289 g/mol. The molecular formula is C14H12FN3OS. The van der Waals surface area contributed by atoms with Crippen molar-refractivity contribution in [1.82, 2.24) is 10.1 Å². The Morgan fingerprint density at radius 2 is 2.05 bits per heavy atom. The van der Waals surface area contributed by atoms with Gasteiger partial charge < -0.3 is 10.3 Å². The number of aromatic nitrogens is 2. The molecule has 3 aromatic rings. The molecule has 4 nitrogen and oxygen atoms in total. The zero-order valence-electron chi connectivity index (χ0n) is 10.8. The Morgan fingerprint density at radius 3 is 2.70 bits per heavy atom. The number of nitrogens with two attached hydrogens (primary N) is 1. The molecule has 0 amide bonds. The number of aryl methyl sites for hydroxylation is 1. The first kappa shape index (κ1) is 12.8. The van der Waals surface area contributed by atoms with Crippen LogP contribution in [0.1, 0.15) is 16.3 Å². The molecule has 2 aromatic heterocycles. The molecule has 0 aliphatic rings. The van der Waals surface area contributed by atoms with Crippen LogP contribution in [0.25, 0.3) is 11.5 Å². The smallest absolute Gasteiger partial charge is 0.260 e. The van der Waals surface area contributed by atoms with E-state index in [1.165, 1.54) is 23.5 Å². The predicted molar refractivity (Wildman–Crippen MR) is 76.0 cm³/mol. The first-order chi connectivity index (χ1) is 9.61. The van der Waals surface area contributed by atoms with Crippen molar-refractivity contribution in [2.75, 3.05) is 5.73 Å². The van der Waals surface area contributed by atoms with Gasteiger partial charge in [0.15, 0.2) is 5.82 Å². The molecule has 0 fully saturated rings. The van der Waals surface area contributed by atoms with Gasteiger partial charge in [0.1, 0.15) is 5.82 Å². The summed E-state index contributed by atoms with van der Waals surface area (Å²) in [7, 11) is 0. The zero-order valence-corrected chi connectivity index (χ0v) is 11.6. The van der Waals surface area contributed by atoms with E-state index in [2.05, 4.69) is 10.1 Å². The van der Waals surface area contributed by atoms with Crippen LogP contribution < -0.4 is 5.73 Å². The molecule has 0 saturated heterocycles. The average Bonchev–Trinajstić information content (AvgIpc) is 2.99. The van der Waals surface area contributed by atoms with Crippen LogP contribution in [0.2, 0.25) is 0 Å². The molecule has 1 aromatic carbocycles. The summed E-state index contributed by atoms with van der Waals surface area (Å²) in [4.78, 5) is 5.42. The van der Waals surface area contributed by atoms with E-state index >= 15 is 0 Å². The number of halogens is 1. The van der Waals surface area contributed by atoms with E-state index in [4.69, 9.17) is 10.3 Å². The van der Waals surface area contributed by atoms with Gasteiger partial charge in [0.2, 0.25) is 0 Å². The van der Waals surface area contributed by atoms with Crippen LogP contribution in [0.5, 0.6) is 0 Å². The van der Waals surface area contributed by atoms with Crippen LogP contribution in [-0.4, -0.2) is 10.1 Å². The maximum atomic E-state index is 12.8. The molecule has 0 bridgehead atoms. The lowest BCUT2D eigenvalue weighted by Gasteiger charge is -1.95. The van der Waals surface area contributed by atoms with E-state index in [1.807, 2.05) is 13.0 Å². The highest BCUT2D eigenvalue weighted by Gasteiger charge is 2.14. The van der Waals surface area contributed by atoms with E-state index in [0.717, 1.165) is 16.0 Å². The predicted octanol–water partition coefficient (Wildman–Crippen LogP) is 3.42. The Bertz CT molecular complexity index is 733. The third-order valence-corrected chi connectivity index (χ3v) is 3.74. The Kier molecular flexibility index (Phi) is 3.23. The first-order valence-electron chi connectivity index (χ1n) is 6.05. The highest BCUT2D eigenvalue weighted by atomic mass is 32.1. The molecule has 0 saturated carbocycles. The molecule has 6 heteroatoms. The Morgan fingerprint density at radius 1 is 1.30 bits per heavy atom. The third-order valence-electron chi connectivity index (χ3n) is 2.86. The molecule has 0 atom stereocenters. The van der Waals surface area contributed by atoms with Crippen molar-refractivity contribution in [2.45, 2.75) is 13.3 Å². The summed E-state index contributed by atoms with van der Waals surface area (Å²) in [6.45, 7) is 1.97. The molecule has 2 N–H and O–H groups in total. The number of hydrogen-bond donors (Lipinski definition) is 1. The fraction of sp³-hybridized carbons (Fsp3) is 0.143. The van der Waals surface area contributed by atoms with Crippen molar-refractivity contribution in [3.8, 4) is 11.5 Å². The number of anilines is 1. The highest BCUT2D eigenvalue weighted by molar-refractivity contribution is 7.16. The fourth-order valence-electron chi connectivity index (χ4n) is 1.92. The molecule has 0 unspecified atom stereocenters. The van der Waals surface area contributed by atoms with Crippen molar-refractivity contribution >= 4 is 16.3 Å². The highest BCUT2D eigenvalue weighted by Crippen LogP contribution is 2.32. The van der Waals surface area contributed by atoms with Crippen molar-refractivity contribution in [1.29, 1.82) is 0 Å². The Labute approximate surface area is 119 Å². The second-order valence-corrected chi connectivity index (χ2v) is 5.74. The summed E-state index contributed by atoms with van der Waals surface area (Å²) in [5.74, 6) is 0.711.